The van der Waals surface area contributed by atoms with Crippen LogP contribution in [-0.4, -0.2) is 0 Å². The van der Waals surface area contributed by atoms with Gasteiger partial charge in [-0.25, -0.2) is 0 Å². The van der Waals surface area contributed by atoms with Crippen LogP contribution in [0.1, 0.15) is 37.3 Å². The van der Waals surface area contributed by atoms with Gasteiger partial charge in [0.05, 0.1) is 5.41 Å². The zero-order valence-corrected chi connectivity index (χ0v) is 32.2. The molecule has 272 valence electrons. The summed E-state index contributed by atoms with van der Waals surface area (Å²) < 4.78 is 0. The molecule has 0 aliphatic heterocycles. The van der Waals surface area contributed by atoms with Gasteiger partial charge in [0.25, 0.3) is 0 Å². The molecular formula is C56H43N. The first-order valence-electron chi connectivity index (χ1n) is 20.5. The van der Waals surface area contributed by atoms with Gasteiger partial charge in [0.1, 0.15) is 0 Å². The first-order chi connectivity index (χ1) is 28.2. The molecule has 4 aliphatic carbocycles. The molecule has 2 atom stereocenters. The molecule has 0 radical (unpaired) electrons. The van der Waals surface area contributed by atoms with E-state index in [4.69, 9.17) is 0 Å². The summed E-state index contributed by atoms with van der Waals surface area (Å²) in [5.41, 5.74) is 22.2. The highest BCUT2D eigenvalue weighted by Gasteiger charge is 2.55. The van der Waals surface area contributed by atoms with Crippen LogP contribution in [0.4, 0.5) is 17.1 Å². The number of rotatable bonds is 6. The smallest absolute Gasteiger partial charge is 0.0691 e. The van der Waals surface area contributed by atoms with E-state index in [1.807, 2.05) is 0 Å². The van der Waals surface area contributed by atoms with E-state index in [-0.39, 0.29) is 5.41 Å². The summed E-state index contributed by atoms with van der Waals surface area (Å²) in [5, 5.41) is 0. The predicted octanol–water partition coefficient (Wildman–Crippen LogP) is 15.0. The fourth-order valence-corrected chi connectivity index (χ4v) is 10.4. The summed E-state index contributed by atoms with van der Waals surface area (Å²) in [7, 11) is 0. The zero-order chi connectivity index (χ0) is 37.9. The van der Waals surface area contributed by atoms with Crippen LogP contribution in [-0.2, 0) is 5.41 Å². The van der Waals surface area contributed by atoms with Gasteiger partial charge < -0.3 is 4.90 Å². The van der Waals surface area contributed by atoms with Gasteiger partial charge in [-0.2, -0.15) is 0 Å². The average molecular weight is 730 g/mol. The first-order valence-corrected chi connectivity index (χ1v) is 20.5. The number of benzene rings is 7. The summed E-state index contributed by atoms with van der Waals surface area (Å²) in [5.74, 6) is 0.485. The Labute approximate surface area is 336 Å². The molecule has 7 aromatic rings. The van der Waals surface area contributed by atoms with Gasteiger partial charge in [-0.05, 0) is 140 Å². The molecule has 0 aromatic heterocycles. The monoisotopic (exact) mass is 729 g/mol. The molecule has 0 saturated heterocycles. The standard InChI is InChI=1S/C56H43N/c1-38-15-12-28-53-54(38)50-23-9-11-27-52(50)56(53)51-26-10-8-22-48(51)49-25-14-24-47(55(49)56)43-20-13-21-46(37-43)57(44-33-29-41(30-34-44)39-16-4-2-5-17-39)45-35-31-42(32-36-45)40-18-6-3-7-19-40/h2-10,12-14,16-26,28-38H,11,15,27H2,1H3. The molecular weight excluding hydrogens is 687 g/mol. The first kappa shape index (κ1) is 33.6. The fourth-order valence-electron chi connectivity index (χ4n) is 10.4. The summed E-state index contributed by atoms with van der Waals surface area (Å²) in [6.07, 6.45) is 13.0. The minimum absolute atomic E-state index is 0.306. The van der Waals surface area contributed by atoms with Gasteiger partial charge in [0.2, 0.25) is 0 Å². The van der Waals surface area contributed by atoms with E-state index in [0.717, 1.165) is 36.3 Å². The van der Waals surface area contributed by atoms with Crippen molar-refractivity contribution in [1.29, 1.82) is 0 Å². The van der Waals surface area contributed by atoms with Crippen molar-refractivity contribution in [2.45, 2.75) is 31.6 Å². The third kappa shape index (κ3) is 5.22. The second-order valence-corrected chi connectivity index (χ2v) is 15.9. The topological polar surface area (TPSA) is 3.24 Å². The van der Waals surface area contributed by atoms with E-state index in [1.54, 1.807) is 11.1 Å². The minimum Gasteiger partial charge on any atom is -0.310 e. The van der Waals surface area contributed by atoms with Crippen LogP contribution in [0.5, 0.6) is 0 Å². The van der Waals surface area contributed by atoms with Crippen molar-refractivity contribution in [2.24, 2.45) is 5.92 Å². The van der Waals surface area contributed by atoms with Gasteiger partial charge in [-0.1, -0.05) is 171 Å². The van der Waals surface area contributed by atoms with Crippen molar-refractivity contribution in [3.05, 3.63) is 234 Å². The maximum atomic E-state index is 2.49. The van der Waals surface area contributed by atoms with E-state index in [0.29, 0.717) is 5.92 Å². The highest BCUT2D eigenvalue weighted by molar-refractivity contribution is 5.96. The lowest BCUT2D eigenvalue weighted by Gasteiger charge is -2.36. The fraction of sp³-hybridized carbons (Fsp3) is 0.107. The Hall–Kier alpha value is -6.70. The number of anilines is 3. The molecule has 0 saturated carbocycles. The Kier molecular flexibility index (Phi) is 7.96. The van der Waals surface area contributed by atoms with Crippen molar-refractivity contribution in [3.63, 3.8) is 0 Å². The Bertz CT molecular complexity index is 2720. The predicted molar refractivity (Wildman–Crippen MR) is 239 cm³/mol. The number of nitrogens with zero attached hydrogens (tertiary/aromatic N) is 1. The molecule has 0 heterocycles. The maximum absolute atomic E-state index is 2.49. The minimum atomic E-state index is -0.306. The van der Waals surface area contributed by atoms with Crippen molar-refractivity contribution in [3.8, 4) is 44.5 Å². The van der Waals surface area contributed by atoms with E-state index >= 15 is 0 Å². The molecule has 1 heteroatoms. The highest BCUT2D eigenvalue weighted by Crippen LogP contribution is 2.66. The lowest BCUT2D eigenvalue weighted by molar-refractivity contribution is 0.667. The van der Waals surface area contributed by atoms with E-state index in [2.05, 4.69) is 212 Å². The molecule has 1 spiro atoms. The van der Waals surface area contributed by atoms with E-state index in [9.17, 15) is 0 Å². The third-order valence-corrected chi connectivity index (χ3v) is 12.8. The zero-order valence-electron chi connectivity index (χ0n) is 32.2. The molecule has 57 heavy (non-hydrogen) atoms. The Morgan fingerprint density at radius 1 is 0.491 bits per heavy atom. The normalized spacial score (nSPS) is 18.7. The van der Waals surface area contributed by atoms with Crippen molar-refractivity contribution in [1.82, 2.24) is 0 Å². The van der Waals surface area contributed by atoms with Crippen LogP contribution in [0.2, 0.25) is 0 Å². The SMILES string of the molecule is CC1CC=CC2=C1C1=C(CCC=C1)C21c2ccccc2-c2cccc(-c3cccc(N(c4ccc(-c5ccccc5)cc4)c4ccc(-c5ccccc5)cc4)c3)c21. The number of fused-ring (bicyclic) bond motifs is 8. The Balaban J connectivity index is 1.09. The number of hydrogen-bond acceptors (Lipinski definition) is 1. The molecule has 4 aliphatic rings. The molecule has 0 amide bonds. The second kappa shape index (κ2) is 13.5. The Morgan fingerprint density at radius 2 is 1.07 bits per heavy atom. The molecule has 0 N–H and O–H groups in total. The lowest BCUT2D eigenvalue weighted by atomic mass is 9.65. The third-order valence-electron chi connectivity index (χ3n) is 12.8. The molecule has 7 aromatic carbocycles. The molecule has 0 fully saturated rings. The summed E-state index contributed by atoms with van der Waals surface area (Å²) >= 11 is 0. The second-order valence-electron chi connectivity index (χ2n) is 15.9. The quantitative estimate of drug-likeness (QED) is 0.165. The average Bonchev–Trinajstić information content (AvgIpc) is 3.76. The largest absolute Gasteiger partial charge is 0.310 e. The van der Waals surface area contributed by atoms with E-state index in [1.165, 1.54) is 66.8 Å². The molecule has 2 unspecified atom stereocenters. The maximum Gasteiger partial charge on any atom is 0.0691 e. The van der Waals surface area contributed by atoms with E-state index < -0.39 is 0 Å². The van der Waals surface area contributed by atoms with Gasteiger partial charge in [-0.3, -0.25) is 0 Å². The van der Waals surface area contributed by atoms with Crippen molar-refractivity contribution in [2.75, 3.05) is 4.90 Å². The Morgan fingerprint density at radius 3 is 1.77 bits per heavy atom. The molecule has 1 nitrogen and oxygen atoms in total. The summed E-state index contributed by atoms with van der Waals surface area (Å²) in [6.45, 7) is 2.43. The molecule has 11 rings (SSSR count). The van der Waals surface area contributed by atoms with Gasteiger partial charge >= 0.3 is 0 Å². The van der Waals surface area contributed by atoms with Gasteiger partial charge in [0, 0.05) is 17.1 Å². The van der Waals surface area contributed by atoms with Crippen LogP contribution in [0.15, 0.2) is 223 Å². The van der Waals surface area contributed by atoms with Crippen molar-refractivity contribution < 1.29 is 0 Å². The van der Waals surface area contributed by atoms with Crippen LogP contribution < -0.4 is 4.90 Å². The van der Waals surface area contributed by atoms with Crippen LogP contribution in [0, 0.1) is 5.92 Å². The highest BCUT2D eigenvalue weighted by atomic mass is 15.1. The summed E-state index contributed by atoms with van der Waals surface area (Å²) in [6, 6.07) is 64.9. The van der Waals surface area contributed by atoms with Crippen molar-refractivity contribution >= 4 is 17.1 Å². The number of hydrogen-bond donors (Lipinski definition) is 0. The van der Waals surface area contributed by atoms with Gasteiger partial charge in [-0.15, -0.1) is 0 Å². The lowest BCUT2D eigenvalue weighted by Crippen LogP contribution is -2.30. The molecule has 0 bridgehead atoms. The number of allylic oxidation sites excluding steroid dienone is 8. The summed E-state index contributed by atoms with van der Waals surface area (Å²) in [4.78, 5) is 2.41. The van der Waals surface area contributed by atoms with Crippen LogP contribution in [0.25, 0.3) is 44.5 Å². The van der Waals surface area contributed by atoms with Crippen LogP contribution in [0.3, 0.4) is 0 Å². The van der Waals surface area contributed by atoms with Crippen LogP contribution >= 0.6 is 0 Å². The van der Waals surface area contributed by atoms with Gasteiger partial charge in [0.15, 0.2) is 0 Å².